The number of morpholine rings is 1. The van der Waals surface area contributed by atoms with Crippen LogP contribution in [0, 0.1) is 5.82 Å². The van der Waals surface area contributed by atoms with Gasteiger partial charge in [-0.15, -0.1) is 0 Å². The van der Waals surface area contributed by atoms with Crippen molar-refractivity contribution in [3.05, 3.63) is 70.0 Å². The van der Waals surface area contributed by atoms with Crippen LogP contribution in [0.1, 0.15) is 16.1 Å². The Balaban J connectivity index is 1.68. The second-order valence-corrected chi connectivity index (χ2v) is 6.61. The minimum absolute atomic E-state index is 0.102. The molecule has 1 aliphatic rings. The standard InChI is InChI=1S/C20H19FN4O4/c21-14-5-3-13(4-6-14)12-22-19(27)16-17(26)20(28)25-7-1-2-15(18(25)23-16)24-8-10-29-11-9-24/h1-7,26H,8-12H2,(H,22,27). The molecule has 1 fully saturated rings. The van der Waals surface area contributed by atoms with Crippen LogP contribution >= 0.6 is 0 Å². The molecule has 0 saturated carbocycles. The van der Waals surface area contributed by atoms with Gasteiger partial charge in [0.2, 0.25) is 5.75 Å². The maximum atomic E-state index is 13.0. The van der Waals surface area contributed by atoms with E-state index in [1.54, 1.807) is 6.07 Å². The van der Waals surface area contributed by atoms with Crippen molar-refractivity contribution in [1.29, 1.82) is 0 Å². The number of carbonyl (C=O) groups excluding carboxylic acids is 1. The van der Waals surface area contributed by atoms with E-state index >= 15 is 0 Å². The number of hydrogen-bond acceptors (Lipinski definition) is 6. The maximum Gasteiger partial charge on any atom is 0.300 e. The van der Waals surface area contributed by atoms with Crippen molar-refractivity contribution < 1.29 is 19.0 Å². The lowest BCUT2D eigenvalue weighted by molar-refractivity contribution is 0.0942. The van der Waals surface area contributed by atoms with Crippen LogP contribution in [0.4, 0.5) is 10.1 Å². The van der Waals surface area contributed by atoms with Crippen molar-refractivity contribution in [2.75, 3.05) is 31.2 Å². The number of halogens is 1. The first-order valence-electron chi connectivity index (χ1n) is 9.14. The molecule has 1 saturated heterocycles. The first-order valence-corrected chi connectivity index (χ1v) is 9.14. The smallest absolute Gasteiger partial charge is 0.300 e. The number of nitrogens with zero attached hydrogens (tertiary/aromatic N) is 3. The topological polar surface area (TPSA) is 96.2 Å². The van der Waals surface area contributed by atoms with Crippen LogP contribution in [0.25, 0.3) is 5.65 Å². The first kappa shape index (κ1) is 18.9. The van der Waals surface area contributed by atoms with Crippen molar-refractivity contribution in [3.8, 4) is 5.75 Å². The van der Waals surface area contributed by atoms with Gasteiger partial charge in [0, 0.05) is 25.8 Å². The molecular weight excluding hydrogens is 379 g/mol. The SMILES string of the molecule is O=C(NCc1ccc(F)cc1)c1nc2c(N3CCOCC3)cccn2c(=O)c1O. The molecule has 0 spiro atoms. The predicted octanol–water partition coefficient (Wildman–Crippen LogP) is 1.31. The van der Waals surface area contributed by atoms with Crippen LogP contribution in [0.2, 0.25) is 0 Å². The Morgan fingerprint density at radius 1 is 1.21 bits per heavy atom. The second kappa shape index (κ2) is 7.88. The predicted molar refractivity (Wildman–Crippen MR) is 104 cm³/mol. The second-order valence-electron chi connectivity index (χ2n) is 6.61. The van der Waals surface area contributed by atoms with E-state index in [1.807, 2.05) is 11.0 Å². The third kappa shape index (κ3) is 3.77. The molecule has 150 valence electrons. The number of aromatic hydroxyl groups is 1. The number of rotatable bonds is 4. The van der Waals surface area contributed by atoms with E-state index in [0.717, 1.165) is 0 Å². The minimum atomic E-state index is -0.725. The van der Waals surface area contributed by atoms with Crippen molar-refractivity contribution in [3.63, 3.8) is 0 Å². The summed E-state index contributed by atoms with van der Waals surface area (Å²) in [5.74, 6) is -1.79. The van der Waals surface area contributed by atoms with Gasteiger partial charge < -0.3 is 20.1 Å². The van der Waals surface area contributed by atoms with Gasteiger partial charge in [-0.1, -0.05) is 12.1 Å². The summed E-state index contributed by atoms with van der Waals surface area (Å²) < 4.78 is 19.6. The van der Waals surface area contributed by atoms with Gasteiger partial charge in [0.1, 0.15) is 5.82 Å². The van der Waals surface area contributed by atoms with E-state index in [9.17, 15) is 19.1 Å². The third-order valence-corrected chi connectivity index (χ3v) is 4.74. The molecule has 1 aliphatic heterocycles. The number of hydrogen-bond donors (Lipinski definition) is 2. The number of anilines is 1. The number of benzene rings is 1. The number of carbonyl (C=O) groups is 1. The summed E-state index contributed by atoms with van der Waals surface area (Å²) in [7, 11) is 0. The Labute approximate surface area is 165 Å². The van der Waals surface area contributed by atoms with Crippen molar-refractivity contribution in [1.82, 2.24) is 14.7 Å². The number of aromatic nitrogens is 2. The summed E-state index contributed by atoms with van der Waals surface area (Å²) in [4.78, 5) is 31.5. The molecule has 8 nitrogen and oxygen atoms in total. The normalized spacial score (nSPS) is 14.2. The molecule has 2 aromatic heterocycles. The van der Waals surface area contributed by atoms with Crippen molar-refractivity contribution in [2.24, 2.45) is 0 Å². The van der Waals surface area contributed by atoms with Gasteiger partial charge in [0.05, 0.1) is 18.9 Å². The lowest BCUT2D eigenvalue weighted by atomic mass is 10.2. The van der Waals surface area contributed by atoms with Gasteiger partial charge in [0.15, 0.2) is 11.3 Å². The first-order chi connectivity index (χ1) is 14.0. The van der Waals surface area contributed by atoms with Gasteiger partial charge in [-0.05, 0) is 29.8 Å². The summed E-state index contributed by atoms with van der Waals surface area (Å²) in [6, 6.07) is 9.14. The van der Waals surface area contributed by atoms with Crippen molar-refractivity contribution in [2.45, 2.75) is 6.54 Å². The highest BCUT2D eigenvalue weighted by Gasteiger charge is 2.22. The zero-order valence-corrected chi connectivity index (χ0v) is 15.5. The van der Waals surface area contributed by atoms with E-state index in [-0.39, 0.29) is 23.7 Å². The Bertz CT molecular complexity index is 1110. The maximum absolute atomic E-state index is 13.0. The fraction of sp³-hybridized carbons (Fsp3) is 0.250. The average Bonchev–Trinajstić information content (AvgIpc) is 2.76. The number of amides is 1. The Hall–Kier alpha value is -3.46. The molecule has 0 radical (unpaired) electrons. The highest BCUT2D eigenvalue weighted by Crippen LogP contribution is 2.22. The highest BCUT2D eigenvalue weighted by molar-refractivity contribution is 5.95. The molecule has 1 aromatic carbocycles. The fourth-order valence-corrected chi connectivity index (χ4v) is 3.22. The molecule has 9 heteroatoms. The van der Waals surface area contributed by atoms with Crippen molar-refractivity contribution >= 4 is 17.2 Å². The largest absolute Gasteiger partial charge is 0.501 e. The van der Waals surface area contributed by atoms with Crippen LogP contribution in [0.3, 0.4) is 0 Å². The lowest BCUT2D eigenvalue weighted by Crippen LogP contribution is -2.37. The summed E-state index contributed by atoms with van der Waals surface area (Å²) in [5, 5.41) is 12.9. The zero-order chi connectivity index (χ0) is 20.4. The van der Waals surface area contributed by atoms with Gasteiger partial charge in [-0.25, -0.2) is 9.37 Å². The lowest BCUT2D eigenvalue weighted by Gasteiger charge is -2.29. The summed E-state index contributed by atoms with van der Waals surface area (Å²) in [6.07, 6.45) is 1.49. The Morgan fingerprint density at radius 2 is 1.93 bits per heavy atom. The van der Waals surface area contributed by atoms with E-state index in [2.05, 4.69) is 10.3 Å². The molecule has 0 aliphatic carbocycles. The summed E-state index contributed by atoms with van der Waals surface area (Å²) in [6.45, 7) is 2.46. The molecule has 0 atom stereocenters. The third-order valence-electron chi connectivity index (χ3n) is 4.74. The molecule has 0 unspecified atom stereocenters. The van der Waals surface area contributed by atoms with Gasteiger partial charge in [-0.3, -0.25) is 14.0 Å². The van der Waals surface area contributed by atoms with Crippen LogP contribution in [0.15, 0.2) is 47.4 Å². The number of fused-ring (bicyclic) bond motifs is 1. The summed E-state index contributed by atoms with van der Waals surface area (Å²) >= 11 is 0. The Morgan fingerprint density at radius 3 is 2.66 bits per heavy atom. The molecule has 0 bridgehead atoms. The van der Waals surface area contributed by atoms with Crippen LogP contribution in [0.5, 0.6) is 5.75 Å². The Kier molecular flexibility index (Phi) is 5.13. The summed E-state index contributed by atoms with van der Waals surface area (Å²) in [5.41, 5.74) is 0.560. The monoisotopic (exact) mass is 398 g/mol. The van der Waals surface area contributed by atoms with E-state index < -0.39 is 17.2 Å². The minimum Gasteiger partial charge on any atom is -0.501 e. The highest BCUT2D eigenvalue weighted by atomic mass is 19.1. The van der Waals surface area contributed by atoms with Crippen LogP contribution in [-0.4, -0.2) is 46.7 Å². The zero-order valence-electron chi connectivity index (χ0n) is 15.5. The van der Waals surface area contributed by atoms with Gasteiger partial charge in [-0.2, -0.15) is 0 Å². The van der Waals surface area contributed by atoms with E-state index in [0.29, 0.717) is 37.6 Å². The molecule has 1 amide bonds. The molecule has 4 rings (SSSR count). The number of nitrogens with one attached hydrogen (secondary N) is 1. The molecular formula is C20H19FN4O4. The van der Waals surface area contributed by atoms with Gasteiger partial charge in [0.25, 0.3) is 5.91 Å². The molecule has 2 N–H and O–H groups in total. The molecule has 29 heavy (non-hydrogen) atoms. The van der Waals surface area contributed by atoms with E-state index in [1.165, 1.54) is 34.9 Å². The van der Waals surface area contributed by atoms with Gasteiger partial charge >= 0.3 is 5.56 Å². The van der Waals surface area contributed by atoms with Crippen LogP contribution < -0.4 is 15.8 Å². The quantitative estimate of drug-likeness (QED) is 0.688. The fourth-order valence-electron chi connectivity index (χ4n) is 3.22. The van der Waals surface area contributed by atoms with E-state index in [4.69, 9.17) is 4.74 Å². The molecule has 3 aromatic rings. The number of pyridine rings is 1. The van der Waals surface area contributed by atoms with Crippen LogP contribution in [-0.2, 0) is 11.3 Å². The number of ether oxygens (including phenoxy) is 1. The average molecular weight is 398 g/mol. The molecule has 3 heterocycles.